The number of hydrogen-bond acceptors (Lipinski definition) is 6. The van der Waals surface area contributed by atoms with Crippen molar-refractivity contribution in [3.05, 3.63) is 29.5 Å². The summed E-state index contributed by atoms with van der Waals surface area (Å²) in [6.07, 6.45) is 0.872. The van der Waals surface area contributed by atoms with Crippen LogP contribution in [-0.2, 0) is 9.47 Å². The van der Waals surface area contributed by atoms with E-state index in [1.54, 1.807) is 17.2 Å². The van der Waals surface area contributed by atoms with Crippen LogP contribution in [-0.4, -0.2) is 58.0 Å². The molecule has 2 aromatic heterocycles. The van der Waals surface area contributed by atoms with Crippen LogP contribution in [0.3, 0.4) is 0 Å². The summed E-state index contributed by atoms with van der Waals surface area (Å²) >= 11 is 6.08. The summed E-state index contributed by atoms with van der Waals surface area (Å²) in [6, 6.07) is 5.28. The van der Waals surface area contributed by atoms with Gasteiger partial charge in [-0.3, -0.25) is 4.98 Å². The largest absolute Gasteiger partial charge is 0.474 e. The predicted octanol–water partition coefficient (Wildman–Crippen LogP) is 4.07. The van der Waals surface area contributed by atoms with Crippen LogP contribution < -0.4 is 4.74 Å². The molecule has 1 saturated heterocycles. The zero-order chi connectivity index (χ0) is 20.5. The van der Waals surface area contributed by atoms with Gasteiger partial charge in [0, 0.05) is 12.3 Å². The fourth-order valence-corrected chi connectivity index (χ4v) is 3.23. The van der Waals surface area contributed by atoms with E-state index >= 15 is 0 Å². The number of pyridine rings is 2. The van der Waals surface area contributed by atoms with E-state index < -0.39 is 5.60 Å². The molecule has 0 unspecified atom stereocenters. The molecule has 1 aliphatic rings. The normalized spacial score (nSPS) is 22.9. The van der Waals surface area contributed by atoms with Gasteiger partial charge >= 0.3 is 6.09 Å². The van der Waals surface area contributed by atoms with Crippen LogP contribution in [0.2, 0.25) is 5.15 Å². The van der Waals surface area contributed by atoms with Gasteiger partial charge in [-0.1, -0.05) is 11.6 Å². The van der Waals surface area contributed by atoms with Crippen molar-refractivity contribution in [2.75, 3.05) is 13.2 Å². The van der Waals surface area contributed by atoms with Gasteiger partial charge < -0.3 is 19.1 Å². The Balaban J connectivity index is 1.72. The topological polar surface area (TPSA) is 73.8 Å². The molecule has 0 spiro atoms. The molecule has 0 saturated carbocycles. The van der Waals surface area contributed by atoms with Crippen LogP contribution in [0.5, 0.6) is 5.88 Å². The van der Waals surface area contributed by atoms with E-state index in [4.69, 9.17) is 25.8 Å². The fraction of sp³-hybridized carbons (Fsp3) is 0.550. The number of ether oxygens (including phenoxy) is 3. The van der Waals surface area contributed by atoms with E-state index in [0.29, 0.717) is 23.1 Å². The number of nitrogens with zero attached hydrogens (tertiary/aromatic N) is 3. The minimum Gasteiger partial charge on any atom is -0.474 e. The first-order chi connectivity index (χ1) is 13.1. The Hall–Kier alpha value is -2.12. The number of amides is 1. The summed E-state index contributed by atoms with van der Waals surface area (Å²) in [5, 5.41) is 1.08. The standard InChI is InChI=1S/C20H26ClN3O4/c1-12-13(2)27-14(10-24(12)19(25)28-20(3,4)5)11-26-18-15-7-6-8-22-16(15)9-17(21)23-18/h6-9,12-14H,10-11H2,1-5H3/t12-,13+,14+/m1/s1. The smallest absolute Gasteiger partial charge is 0.410 e. The first kappa shape index (κ1) is 20.6. The van der Waals surface area contributed by atoms with Crippen LogP contribution in [0.25, 0.3) is 10.9 Å². The molecular formula is C20H26ClN3O4. The summed E-state index contributed by atoms with van der Waals surface area (Å²) in [7, 11) is 0. The molecule has 3 heterocycles. The summed E-state index contributed by atoms with van der Waals surface area (Å²) in [5.74, 6) is 0.397. The lowest BCUT2D eigenvalue weighted by atomic mass is 10.1. The molecule has 1 fully saturated rings. The monoisotopic (exact) mass is 407 g/mol. The molecule has 3 atom stereocenters. The third-order valence-corrected chi connectivity index (χ3v) is 4.74. The average molecular weight is 408 g/mol. The highest BCUT2D eigenvalue weighted by molar-refractivity contribution is 6.30. The summed E-state index contributed by atoms with van der Waals surface area (Å²) < 4.78 is 17.5. The van der Waals surface area contributed by atoms with Crippen molar-refractivity contribution in [2.24, 2.45) is 0 Å². The number of fused-ring (bicyclic) bond motifs is 1. The number of rotatable bonds is 3. The van der Waals surface area contributed by atoms with Crippen molar-refractivity contribution < 1.29 is 19.0 Å². The maximum Gasteiger partial charge on any atom is 0.410 e. The number of halogens is 1. The van der Waals surface area contributed by atoms with Crippen LogP contribution >= 0.6 is 11.6 Å². The SMILES string of the molecule is C[C@@H]1O[C@H](COc2nc(Cl)cc3ncccc23)CN(C(=O)OC(C)(C)C)[C@@H]1C. The Labute approximate surface area is 169 Å². The molecule has 2 aromatic rings. The first-order valence-electron chi connectivity index (χ1n) is 9.33. The quantitative estimate of drug-likeness (QED) is 0.714. The minimum absolute atomic E-state index is 0.0968. The molecular weight excluding hydrogens is 382 g/mol. The first-order valence-corrected chi connectivity index (χ1v) is 9.71. The second-order valence-corrected chi connectivity index (χ2v) is 8.35. The van der Waals surface area contributed by atoms with Crippen molar-refractivity contribution >= 4 is 28.6 Å². The van der Waals surface area contributed by atoms with Crippen LogP contribution in [0.4, 0.5) is 4.79 Å². The highest BCUT2D eigenvalue weighted by Gasteiger charge is 2.37. The van der Waals surface area contributed by atoms with Crippen LogP contribution in [0.1, 0.15) is 34.6 Å². The Bertz CT molecular complexity index is 855. The third-order valence-electron chi connectivity index (χ3n) is 4.55. The van der Waals surface area contributed by atoms with Crippen molar-refractivity contribution in [2.45, 2.75) is 58.5 Å². The summed E-state index contributed by atoms with van der Waals surface area (Å²) in [4.78, 5) is 22.8. The fourth-order valence-electron chi connectivity index (χ4n) is 3.05. The number of morpholine rings is 1. The highest BCUT2D eigenvalue weighted by Crippen LogP contribution is 2.26. The van der Waals surface area contributed by atoms with Gasteiger partial charge in [0.15, 0.2) is 0 Å². The maximum atomic E-state index is 12.6. The second kappa shape index (κ2) is 8.09. The number of hydrogen-bond donors (Lipinski definition) is 0. The lowest BCUT2D eigenvalue weighted by Gasteiger charge is -2.42. The van der Waals surface area contributed by atoms with Crippen LogP contribution in [0, 0.1) is 0 Å². The Morgan fingerprint density at radius 3 is 2.86 bits per heavy atom. The number of carbonyl (C=O) groups is 1. The molecule has 1 amide bonds. The zero-order valence-electron chi connectivity index (χ0n) is 16.8. The second-order valence-electron chi connectivity index (χ2n) is 7.97. The Morgan fingerprint density at radius 2 is 2.14 bits per heavy atom. The Kier molecular flexibility index (Phi) is 5.95. The van der Waals surface area contributed by atoms with Gasteiger partial charge in [-0.05, 0) is 46.8 Å². The van der Waals surface area contributed by atoms with Gasteiger partial charge in [-0.25, -0.2) is 9.78 Å². The molecule has 8 heteroatoms. The lowest BCUT2D eigenvalue weighted by Crippen LogP contribution is -2.57. The molecule has 0 N–H and O–H groups in total. The molecule has 152 valence electrons. The van der Waals surface area contributed by atoms with E-state index in [9.17, 15) is 4.79 Å². The number of aromatic nitrogens is 2. The molecule has 28 heavy (non-hydrogen) atoms. The van der Waals surface area contributed by atoms with Crippen molar-refractivity contribution in [3.63, 3.8) is 0 Å². The van der Waals surface area contributed by atoms with Gasteiger partial charge in [0.2, 0.25) is 5.88 Å². The van der Waals surface area contributed by atoms with Crippen molar-refractivity contribution in [1.82, 2.24) is 14.9 Å². The van der Waals surface area contributed by atoms with E-state index in [1.165, 1.54) is 0 Å². The van der Waals surface area contributed by atoms with Crippen molar-refractivity contribution in [1.29, 1.82) is 0 Å². The molecule has 1 aliphatic heterocycles. The minimum atomic E-state index is -0.555. The Morgan fingerprint density at radius 1 is 1.39 bits per heavy atom. The predicted molar refractivity (Wildman–Crippen MR) is 107 cm³/mol. The summed E-state index contributed by atoms with van der Waals surface area (Å²) in [5.41, 5.74) is 0.153. The lowest BCUT2D eigenvalue weighted by molar-refractivity contribution is -0.117. The van der Waals surface area contributed by atoms with E-state index in [-0.39, 0.29) is 30.9 Å². The van der Waals surface area contributed by atoms with E-state index in [1.807, 2.05) is 46.8 Å². The molecule has 0 aromatic carbocycles. The molecule has 7 nitrogen and oxygen atoms in total. The van der Waals surface area contributed by atoms with Crippen molar-refractivity contribution in [3.8, 4) is 5.88 Å². The van der Waals surface area contributed by atoms with Gasteiger partial charge in [0.05, 0.1) is 29.6 Å². The maximum absolute atomic E-state index is 12.6. The van der Waals surface area contributed by atoms with Gasteiger partial charge in [-0.2, -0.15) is 0 Å². The van der Waals surface area contributed by atoms with E-state index in [0.717, 1.165) is 5.39 Å². The molecule has 3 rings (SSSR count). The van der Waals surface area contributed by atoms with Gasteiger partial charge in [-0.15, -0.1) is 0 Å². The van der Waals surface area contributed by atoms with E-state index in [2.05, 4.69) is 9.97 Å². The van der Waals surface area contributed by atoms with Gasteiger partial charge in [0.25, 0.3) is 0 Å². The highest BCUT2D eigenvalue weighted by atomic mass is 35.5. The molecule has 0 aliphatic carbocycles. The number of carbonyl (C=O) groups excluding carboxylic acids is 1. The third kappa shape index (κ3) is 4.83. The summed E-state index contributed by atoms with van der Waals surface area (Å²) in [6.45, 7) is 10.0. The molecule has 0 radical (unpaired) electrons. The van der Waals surface area contributed by atoms with Crippen LogP contribution in [0.15, 0.2) is 24.4 Å². The molecule has 0 bridgehead atoms. The van der Waals surface area contributed by atoms with Gasteiger partial charge in [0.1, 0.15) is 23.5 Å². The zero-order valence-corrected chi connectivity index (χ0v) is 17.6. The average Bonchev–Trinajstić information content (AvgIpc) is 2.60.